The van der Waals surface area contributed by atoms with Gasteiger partial charge >= 0.3 is 12.4 Å². The molecule has 616 valence electrons. The Labute approximate surface area is 632 Å². The molecular formula is C75H114F10N12O12. The van der Waals surface area contributed by atoms with E-state index in [1.807, 2.05) is 0 Å². The molecule has 6 fully saturated rings. The monoisotopic (exact) mass is 1560 g/mol. The minimum absolute atomic E-state index is 0.0173. The normalized spacial score (nSPS) is 32.1. The molecule has 11 atom stereocenters. The highest BCUT2D eigenvalue weighted by Gasteiger charge is 2.61. The fourth-order valence-corrected chi connectivity index (χ4v) is 17.6. The third-order valence-electron chi connectivity index (χ3n) is 23.9. The molecule has 3 heterocycles. The fourth-order valence-electron chi connectivity index (χ4n) is 17.6. The van der Waals surface area contributed by atoms with E-state index >= 15 is 46.3 Å². The van der Waals surface area contributed by atoms with Crippen LogP contribution in [-0.4, -0.2) is 282 Å². The van der Waals surface area contributed by atoms with Gasteiger partial charge in [-0.05, 0) is 138 Å². The number of hydrogen-bond donors (Lipinski definition) is 3. The molecule has 12 amide bonds. The summed E-state index contributed by atoms with van der Waals surface area (Å²) in [5.41, 5.74) is -2.71. The number of nitrogens with one attached hydrogen (secondary N) is 3. The van der Waals surface area contributed by atoms with E-state index in [1.165, 1.54) is 49.3 Å². The van der Waals surface area contributed by atoms with Crippen molar-refractivity contribution in [3.63, 3.8) is 0 Å². The number of fused-ring (bicyclic) bond motifs is 3. The third-order valence-corrected chi connectivity index (χ3v) is 23.9. The fraction of sp³-hybridized carbons (Fsp3) is 0.813. The standard InChI is InChI=1S/C75H114F10N12O12/c1-15-43(4)60-68(107)91(10)38-58(100)92(11)51-23-17-16-20-30-96(67(51)106)54(34-44-24-27-47(28-25-44)74(80,81)82)66(105)90(9)37-56(98)86-50(29-26-45-32-48(76)59(49(77)33-45)75(83,84)85)64(103)97-41-73(78,79)36-55(97)63(102)88-72(39-71(5,6)40-72)70(109)95(14)61(46-21-18-19-22-46)69(108)94(13)53(65(104)89(7)8)35-57(99)93(12)52(31-42(2)3)62(101)87-60/h16-17,42-55,59-61H,15,18-41H2,1-14H3,(H,86,98)(H,87,101)(H,88,102)/b17-16-/t43-,44?,45?,47?,48?,49?,50-,51-,52-,53-,54-,55-,59?,60-,61-/m0/s1. The number of alkyl halides is 10. The summed E-state index contributed by atoms with van der Waals surface area (Å²) in [6.45, 7) is 7.11. The number of carbonyl (C=O) groups is 12. The molecule has 109 heavy (non-hydrogen) atoms. The summed E-state index contributed by atoms with van der Waals surface area (Å²) in [4.78, 5) is 190. The van der Waals surface area contributed by atoms with Crippen LogP contribution >= 0.6 is 0 Å². The molecule has 3 N–H and O–H groups in total. The van der Waals surface area contributed by atoms with Gasteiger partial charge in [-0.25, -0.2) is 17.6 Å². The van der Waals surface area contributed by atoms with Crippen LogP contribution in [0.3, 0.4) is 0 Å². The number of amides is 12. The van der Waals surface area contributed by atoms with Gasteiger partial charge in [-0.2, -0.15) is 26.3 Å². The molecule has 0 aromatic rings. The van der Waals surface area contributed by atoms with Crippen LogP contribution in [0.4, 0.5) is 43.9 Å². The van der Waals surface area contributed by atoms with Gasteiger partial charge in [0, 0.05) is 69.3 Å². The van der Waals surface area contributed by atoms with E-state index in [1.54, 1.807) is 53.7 Å². The number of nitrogens with zero attached hydrogens (tertiary/aromatic N) is 9. The Kier molecular flexibility index (Phi) is 29.4. The molecule has 7 aliphatic rings. The second-order valence-electron chi connectivity index (χ2n) is 33.5. The van der Waals surface area contributed by atoms with Gasteiger partial charge in [0.15, 0.2) is 0 Å². The first-order valence-corrected chi connectivity index (χ1v) is 38.3. The van der Waals surface area contributed by atoms with E-state index in [0.717, 1.165) is 46.2 Å². The second-order valence-corrected chi connectivity index (χ2v) is 33.5. The zero-order valence-electron chi connectivity index (χ0n) is 65.4. The van der Waals surface area contributed by atoms with Crippen LogP contribution < -0.4 is 16.0 Å². The Bertz CT molecular complexity index is 3330. The summed E-state index contributed by atoms with van der Waals surface area (Å²) in [6.07, 6.45) is -16.1. The SMILES string of the molecule is CC[C@H](C)[C@@H]1NC(=O)[C@H](CC(C)C)N(C)C(=O)C[C@@H](C(=O)N(C)C)N(C)C(=O)[C@H](C2CCCC2)N(C)C(=O)C2(CC(C)(C)C2)NC(=O)[C@@H]2CC(F)(F)CN2C(=O)[C@H](CCC2CC(F)C(C(F)(F)F)C(F)C2)NC(=O)CN(C)C(=O)[C@H](CC2CCC(C(F)(F)F)CC2)N2CC/C=C\C[C@@H](C2=O)N(C)C(=O)CN(C)C1=O. The van der Waals surface area contributed by atoms with Crippen molar-refractivity contribution in [2.75, 3.05) is 82.6 Å². The molecular weight excluding hydrogens is 1450 g/mol. The molecule has 0 aromatic carbocycles. The van der Waals surface area contributed by atoms with Crippen LogP contribution in [0, 0.1) is 46.8 Å². The van der Waals surface area contributed by atoms with E-state index in [2.05, 4.69) is 16.0 Å². The third kappa shape index (κ3) is 21.5. The molecule has 0 radical (unpaired) electrons. The van der Waals surface area contributed by atoms with Crippen molar-refractivity contribution < 1.29 is 101 Å². The molecule has 2 bridgehead atoms. The Morgan fingerprint density at radius 3 is 1.79 bits per heavy atom. The highest BCUT2D eigenvalue weighted by Crippen LogP contribution is 2.51. The van der Waals surface area contributed by atoms with E-state index in [-0.39, 0.29) is 76.7 Å². The first-order chi connectivity index (χ1) is 50.5. The average molecular weight is 1570 g/mol. The van der Waals surface area contributed by atoms with E-state index in [9.17, 15) is 55.1 Å². The van der Waals surface area contributed by atoms with Crippen LogP contribution in [0.25, 0.3) is 0 Å². The number of likely N-dealkylation sites (N-methyl/N-ethyl adjacent to an activating group) is 7. The number of hydrogen-bond acceptors (Lipinski definition) is 12. The van der Waals surface area contributed by atoms with Crippen molar-refractivity contribution in [3.8, 4) is 0 Å². The zero-order chi connectivity index (χ0) is 81.7. The van der Waals surface area contributed by atoms with Gasteiger partial charge in [-0.1, -0.05) is 73.0 Å². The molecule has 2 unspecified atom stereocenters. The second kappa shape index (κ2) is 36.0. The largest absolute Gasteiger partial charge is 0.397 e. The van der Waals surface area contributed by atoms with Gasteiger partial charge in [0.1, 0.15) is 72.1 Å². The molecule has 4 saturated carbocycles. The van der Waals surface area contributed by atoms with Crippen LogP contribution in [0.2, 0.25) is 0 Å². The van der Waals surface area contributed by atoms with Crippen molar-refractivity contribution in [1.82, 2.24) is 60.0 Å². The Morgan fingerprint density at radius 2 is 1.24 bits per heavy atom. The maximum Gasteiger partial charge on any atom is 0.397 e. The van der Waals surface area contributed by atoms with Gasteiger partial charge in [-0.3, -0.25) is 57.5 Å². The van der Waals surface area contributed by atoms with E-state index in [0.29, 0.717) is 37.0 Å². The molecule has 2 saturated heterocycles. The van der Waals surface area contributed by atoms with Gasteiger partial charge in [0.05, 0.1) is 32.0 Å². The lowest BCUT2D eigenvalue weighted by atomic mass is 9.58. The highest BCUT2D eigenvalue weighted by molar-refractivity contribution is 6.01. The van der Waals surface area contributed by atoms with Crippen LogP contribution in [-0.2, 0) is 57.5 Å². The summed E-state index contributed by atoms with van der Waals surface area (Å²) in [7, 11) is 10.4. The lowest BCUT2D eigenvalue weighted by Gasteiger charge is -2.54. The smallest absolute Gasteiger partial charge is 0.347 e. The maximum atomic E-state index is 16.3. The van der Waals surface area contributed by atoms with Gasteiger partial charge in [0.25, 0.3) is 5.92 Å². The first-order valence-electron chi connectivity index (χ1n) is 38.3. The van der Waals surface area contributed by atoms with Crippen LogP contribution in [0.1, 0.15) is 176 Å². The minimum atomic E-state index is -5.28. The van der Waals surface area contributed by atoms with Crippen LogP contribution in [0.15, 0.2) is 12.2 Å². The summed E-state index contributed by atoms with van der Waals surface area (Å²) in [5, 5.41) is 7.92. The molecule has 7 rings (SSSR count). The predicted molar refractivity (Wildman–Crippen MR) is 380 cm³/mol. The Hall–Kier alpha value is -7.32. The summed E-state index contributed by atoms with van der Waals surface area (Å²) < 4.78 is 147. The molecule has 0 aromatic heterocycles. The molecule has 34 heteroatoms. The number of rotatable bonds is 11. The highest BCUT2D eigenvalue weighted by atomic mass is 19.4. The quantitative estimate of drug-likeness (QED) is 0.137. The lowest BCUT2D eigenvalue weighted by Crippen LogP contribution is -2.71. The molecule has 4 aliphatic carbocycles. The Balaban J connectivity index is 1.34. The minimum Gasteiger partial charge on any atom is -0.347 e. The maximum absolute atomic E-state index is 16.3. The summed E-state index contributed by atoms with van der Waals surface area (Å²) in [5.74, 6) is -23.0. The Morgan fingerprint density at radius 1 is 0.642 bits per heavy atom. The van der Waals surface area contributed by atoms with Crippen molar-refractivity contribution in [2.45, 2.75) is 261 Å². The van der Waals surface area contributed by atoms with Crippen molar-refractivity contribution in [1.29, 1.82) is 0 Å². The van der Waals surface area contributed by atoms with Crippen molar-refractivity contribution in [3.05, 3.63) is 12.2 Å². The topological polar surface area (TPSA) is 270 Å². The van der Waals surface area contributed by atoms with Gasteiger partial charge in [0.2, 0.25) is 70.9 Å². The molecule has 1 spiro atoms. The van der Waals surface area contributed by atoms with Crippen LogP contribution in [0.5, 0.6) is 0 Å². The van der Waals surface area contributed by atoms with Gasteiger partial charge < -0.3 is 60.0 Å². The van der Waals surface area contributed by atoms with Crippen molar-refractivity contribution >= 4 is 70.9 Å². The first kappa shape index (κ1) is 88.9. The number of carbonyl (C=O) groups excluding carboxylic acids is 12. The molecule has 3 aliphatic heterocycles. The summed E-state index contributed by atoms with van der Waals surface area (Å²) in [6, 6.07) is -12.8. The van der Waals surface area contributed by atoms with E-state index < -0.39 is 254 Å². The van der Waals surface area contributed by atoms with E-state index in [4.69, 9.17) is 0 Å². The zero-order valence-corrected chi connectivity index (χ0v) is 65.4. The van der Waals surface area contributed by atoms with Gasteiger partial charge in [-0.15, -0.1) is 0 Å². The molecule has 24 nitrogen and oxygen atoms in total. The number of halogens is 10. The lowest BCUT2D eigenvalue weighted by molar-refractivity contribution is -0.219. The predicted octanol–water partition coefficient (Wildman–Crippen LogP) is 7.22. The van der Waals surface area contributed by atoms with Crippen molar-refractivity contribution in [2.24, 2.45) is 46.8 Å². The summed E-state index contributed by atoms with van der Waals surface area (Å²) >= 11 is 0. The average Bonchev–Trinajstić information content (AvgIpc) is 1.32.